The molecule has 1 heterocycles. The van der Waals surface area contributed by atoms with Gasteiger partial charge in [-0.25, -0.2) is 0 Å². The lowest BCUT2D eigenvalue weighted by molar-refractivity contribution is -0.136. The van der Waals surface area contributed by atoms with Gasteiger partial charge in [0.2, 0.25) is 0 Å². The largest absolute Gasteiger partial charge is 0.481 e. The molecule has 3 nitrogen and oxygen atoms in total. The molecule has 0 fully saturated rings. The summed E-state index contributed by atoms with van der Waals surface area (Å²) in [6.07, 6.45) is 2.17. The molecule has 0 aliphatic rings. The topological polar surface area (TPSA) is 42.2 Å². The van der Waals surface area contributed by atoms with E-state index in [1.54, 1.807) is 0 Å². The first-order chi connectivity index (χ1) is 7.63. The molecule has 0 radical (unpaired) electrons. The van der Waals surface area contributed by atoms with Crippen molar-refractivity contribution in [1.82, 2.24) is 4.57 Å². The van der Waals surface area contributed by atoms with Gasteiger partial charge in [0, 0.05) is 23.6 Å². The number of aliphatic carboxylic acids is 1. The Morgan fingerprint density at radius 1 is 1.44 bits per heavy atom. The van der Waals surface area contributed by atoms with Gasteiger partial charge in [-0.15, -0.1) is 0 Å². The molecule has 1 aromatic carbocycles. The van der Waals surface area contributed by atoms with E-state index in [0.29, 0.717) is 0 Å². The van der Waals surface area contributed by atoms with Crippen molar-refractivity contribution in [3.05, 3.63) is 35.5 Å². The molecule has 0 bridgehead atoms. The van der Waals surface area contributed by atoms with Gasteiger partial charge in [-0.2, -0.15) is 0 Å². The summed E-state index contributed by atoms with van der Waals surface area (Å²) in [7, 11) is 0. The van der Waals surface area contributed by atoms with Crippen LogP contribution in [-0.4, -0.2) is 15.6 Å². The average molecular weight is 217 g/mol. The zero-order chi connectivity index (χ0) is 11.7. The number of aryl methyl sites for hydroxylation is 2. The SMILES string of the molecule is CCn1cc(C)c2c(CC(=O)O)cccc21. The molecule has 0 aliphatic heterocycles. The normalized spacial score (nSPS) is 10.9. The second kappa shape index (κ2) is 4.00. The second-order valence-electron chi connectivity index (χ2n) is 3.98. The van der Waals surface area contributed by atoms with Gasteiger partial charge in [-0.1, -0.05) is 12.1 Å². The Morgan fingerprint density at radius 2 is 2.19 bits per heavy atom. The quantitative estimate of drug-likeness (QED) is 0.858. The number of aromatic nitrogens is 1. The van der Waals surface area contributed by atoms with Crippen LogP contribution in [0.5, 0.6) is 0 Å². The predicted octanol–water partition coefficient (Wildman–Crippen LogP) is 2.60. The second-order valence-corrected chi connectivity index (χ2v) is 3.98. The van der Waals surface area contributed by atoms with E-state index in [1.807, 2.05) is 25.1 Å². The number of rotatable bonds is 3. The summed E-state index contributed by atoms with van der Waals surface area (Å²) >= 11 is 0. The van der Waals surface area contributed by atoms with Gasteiger partial charge < -0.3 is 9.67 Å². The third-order valence-corrected chi connectivity index (χ3v) is 2.86. The molecule has 1 N–H and O–H groups in total. The predicted molar refractivity (Wildman–Crippen MR) is 63.7 cm³/mol. The highest BCUT2D eigenvalue weighted by molar-refractivity contribution is 5.90. The van der Waals surface area contributed by atoms with E-state index in [9.17, 15) is 4.79 Å². The number of carboxylic acid groups (broad SMARTS) is 1. The lowest BCUT2D eigenvalue weighted by Crippen LogP contribution is -2.00. The molecule has 84 valence electrons. The number of benzene rings is 1. The van der Waals surface area contributed by atoms with Gasteiger partial charge in [0.25, 0.3) is 0 Å². The lowest BCUT2D eigenvalue weighted by Gasteiger charge is -2.03. The monoisotopic (exact) mass is 217 g/mol. The van der Waals surface area contributed by atoms with Crippen LogP contribution in [0.1, 0.15) is 18.1 Å². The van der Waals surface area contributed by atoms with Crippen LogP contribution in [0.4, 0.5) is 0 Å². The summed E-state index contributed by atoms with van der Waals surface area (Å²) in [4.78, 5) is 10.8. The van der Waals surface area contributed by atoms with Crippen LogP contribution in [0.2, 0.25) is 0 Å². The van der Waals surface area contributed by atoms with E-state index in [4.69, 9.17) is 5.11 Å². The van der Waals surface area contributed by atoms with Gasteiger partial charge in [-0.3, -0.25) is 4.79 Å². The minimum Gasteiger partial charge on any atom is -0.481 e. The molecule has 2 rings (SSSR count). The molecule has 1 aromatic heterocycles. The molecule has 0 unspecified atom stereocenters. The molecule has 3 heteroatoms. The Kier molecular flexibility index (Phi) is 2.69. The van der Waals surface area contributed by atoms with Crippen LogP contribution in [-0.2, 0) is 17.8 Å². The zero-order valence-corrected chi connectivity index (χ0v) is 9.53. The molecular weight excluding hydrogens is 202 g/mol. The Morgan fingerprint density at radius 3 is 2.81 bits per heavy atom. The van der Waals surface area contributed by atoms with Gasteiger partial charge in [0.15, 0.2) is 0 Å². The minimum absolute atomic E-state index is 0.0892. The van der Waals surface area contributed by atoms with Crippen LogP contribution in [0.15, 0.2) is 24.4 Å². The molecule has 2 aromatic rings. The summed E-state index contributed by atoms with van der Waals surface area (Å²) < 4.78 is 2.15. The van der Waals surface area contributed by atoms with Crippen molar-refractivity contribution >= 4 is 16.9 Å². The maximum absolute atomic E-state index is 10.8. The molecule has 0 saturated carbocycles. The standard InChI is InChI=1S/C13H15NO2/c1-3-14-8-9(2)13-10(7-12(15)16)5-4-6-11(13)14/h4-6,8H,3,7H2,1-2H3,(H,15,16). The summed E-state index contributed by atoms with van der Waals surface area (Å²) in [6.45, 7) is 5.02. The van der Waals surface area contributed by atoms with Gasteiger partial charge in [0.1, 0.15) is 0 Å². The van der Waals surface area contributed by atoms with E-state index in [1.165, 1.54) is 0 Å². The maximum atomic E-state index is 10.8. The van der Waals surface area contributed by atoms with Crippen molar-refractivity contribution < 1.29 is 9.90 Å². The van der Waals surface area contributed by atoms with Crippen LogP contribution < -0.4 is 0 Å². The van der Waals surface area contributed by atoms with Crippen molar-refractivity contribution in [2.45, 2.75) is 26.8 Å². The van der Waals surface area contributed by atoms with Gasteiger partial charge >= 0.3 is 5.97 Å². The summed E-state index contributed by atoms with van der Waals surface area (Å²) in [6, 6.07) is 5.85. The van der Waals surface area contributed by atoms with Crippen LogP contribution in [0.25, 0.3) is 10.9 Å². The van der Waals surface area contributed by atoms with E-state index in [2.05, 4.69) is 17.7 Å². The van der Waals surface area contributed by atoms with E-state index >= 15 is 0 Å². The number of carboxylic acids is 1. The van der Waals surface area contributed by atoms with Gasteiger partial charge in [0.05, 0.1) is 6.42 Å². The zero-order valence-electron chi connectivity index (χ0n) is 9.53. The third-order valence-electron chi connectivity index (χ3n) is 2.86. The average Bonchev–Trinajstić information content (AvgIpc) is 2.56. The van der Waals surface area contributed by atoms with Crippen molar-refractivity contribution in [3.63, 3.8) is 0 Å². The summed E-state index contributed by atoms with van der Waals surface area (Å²) in [5.41, 5.74) is 3.17. The fourth-order valence-corrected chi connectivity index (χ4v) is 2.22. The molecular formula is C13H15NO2. The molecule has 0 saturated heterocycles. The Bertz CT molecular complexity index is 540. The Labute approximate surface area is 94.3 Å². The molecule has 0 spiro atoms. The number of fused-ring (bicyclic) bond motifs is 1. The molecule has 16 heavy (non-hydrogen) atoms. The van der Waals surface area contributed by atoms with Crippen LogP contribution in [0.3, 0.4) is 0 Å². The smallest absolute Gasteiger partial charge is 0.307 e. The molecule has 0 amide bonds. The third kappa shape index (κ3) is 1.69. The summed E-state index contributed by atoms with van der Waals surface area (Å²) in [5.74, 6) is -0.781. The number of nitrogens with zero attached hydrogens (tertiary/aromatic N) is 1. The maximum Gasteiger partial charge on any atom is 0.307 e. The van der Waals surface area contributed by atoms with Crippen molar-refractivity contribution in [1.29, 1.82) is 0 Å². The van der Waals surface area contributed by atoms with E-state index in [0.717, 1.165) is 28.6 Å². The van der Waals surface area contributed by atoms with E-state index in [-0.39, 0.29) is 6.42 Å². The van der Waals surface area contributed by atoms with Crippen molar-refractivity contribution in [3.8, 4) is 0 Å². The Hall–Kier alpha value is -1.77. The number of hydrogen-bond donors (Lipinski definition) is 1. The first kappa shape index (κ1) is 10.7. The number of hydrogen-bond acceptors (Lipinski definition) is 1. The fraction of sp³-hybridized carbons (Fsp3) is 0.308. The van der Waals surface area contributed by atoms with Crippen molar-refractivity contribution in [2.75, 3.05) is 0 Å². The van der Waals surface area contributed by atoms with Crippen LogP contribution >= 0.6 is 0 Å². The van der Waals surface area contributed by atoms with Crippen molar-refractivity contribution in [2.24, 2.45) is 0 Å². The fourth-order valence-electron chi connectivity index (χ4n) is 2.22. The summed E-state index contributed by atoms with van der Waals surface area (Å²) in [5, 5.41) is 9.96. The highest BCUT2D eigenvalue weighted by Gasteiger charge is 2.10. The van der Waals surface area contributed by atoms with Crippen LogP contribution in [0, 0.1) is 6.92 Å². The number of carbonyl (C=O) groups is 1. The molecule has 0 aliphatic carbocycles. The lowest BCUT2D eigenvalue weighted by atomic mass is 10.0. The van der Waals surface area contributed by atoms with Gasteiger partial charge in [-0.05, 0) is 31.0 Å². The molecule has 0 atom stereocenters. The highest BCUT2D eigenvalue weighted by atomic mass is 16.4. The first-order valence-electron chi connectivity index (χ1n) is 5.42. The first-order valence-corrected chi connectivity index (χ1v) is 5.42. The minimum atomic E-state index is -0.781. The van der Waals surface area contributed by atoms with E-state index < -0.39 is 5.97 Å². The Balaban J connectivity index is 2.67. The highest BCUT2D eigenvalue weighted by Crippen LogP contribution is 2.25.